The van der Waals surface area contributed by atoms with Crippen molar-refractivity contribution in [2.75, 3.05) is 0 Å². The van der Waals surface area contributed by atoms with Crippen molar-refractivity contribution in [2.24, 2.45) is 0 Å². The van der Waals surface area contributed by atoms with E-state index in [-0.39, 0.29) is 5.41 Å². The van der Waals surface area contributed by atoms with Crippen LogP contribution in [0.15, 0.2) is 186 Å². The van der Waals surface area contributed by atoms with Gasteiger partial charge in [0.25, 0.3) is 0 Å². The van der Waals surface area contributed by atoms with Gasteiger partial charge in [-0.2, -0.15) is 0 Å². The Balaban J connectivity index is 1.04. The molecule has 55 heavy (non-hydrogen) atoms. The lowest BCUT2D eigenvalue weighted by molar-refractivity contribution is 0.653. The number of hydrogen-bond donors (Lipinski definition) is 0. The molecule has 0 amide bonds. The summed E-state index contributed by atoms with van der Waals surface area (Å²) >= 11 is 0. The molecule has 1 aliphatic rings. The zero-order chi connectivity index (χ0) is 36.7. The summed E-state index contributed by atoms with van der Waals surface area (Å²) in [5.74, 6) is 0. The van der Waals surface area contributed by atoms with Crippen LogP contribution in [0.1, 0.15) is 36.1 Å². The predicted molar refractivity (Wildman–Crippen MR) is 232 cm³/mol. The van der Waals surface area contributed by atoms with Gasteiger partial charge in [0.1, 0.15) is 11.2 Å². The van der Waals surface area contributed by atoms with Crippen LogP contribution in [0.2, 0.25) is 0 Å². The molecule has 0 saturated carbocycles. The van der Waals surface area contributed by atoms with Crippen molar-refractivity contribution < 1.29 is 4.42 Å². The van der Waals surface area contributed by atoms with Crippen LogP contribution in [0.25, 0.3) is 88.0 Å². The second-order valence-corrected chi connectivity index (χ2v) is 15.6. The van der Waals surface area contributed by atoms with Crippen LogP contribution in [0.3, 0.4) is 0 Å². The molecule has 1 heterocycles. The second-order valence-electron chi connectivity index (χ2n) is 15.6. The second kappa shape index (κ2) is 12.2. The molecule has 1 heteroatoms. The van der Waals surface area contributed by atoms with Crippen LogP contribution in [0.4, 0.5) is 0 Å². The Morgan fingerprint density at radius 1 is 0.418 bits per heavy atom. The van der Waals surface area contributed by atoms with Crippen LogP contribution >= 0.6 is 0 Å². The summed E-state index contributed by atoms with van der Waals surface area (Å²) in [4.78, 5) is 0. The van der Waals surface area contributed by atoms with Crippen LogP contribution < -0.4 is 0 Å². The molecule has 1 nitrogen and oxygen atoms in total. The highest BCUT2D eigenvalue weighted by atomic mass is 16.3. The van der Waals surface area contributed by atoms with Gasteiger partial charge < -0.3 is 4.42 Å². The molecule has 9 aromatic carbocycles. The number of benzene rings is 9. The van der Waals surface area contributed by atoms with E-state index < -0.39 is 0 Å². The lowest BCUT2D eigenvalue weighted by Crippen LogP contribution is -2.17. The van der Waals surface area contributed by atoms with Gasteiger partial charge in [-0.3, -0.25) is 0 Å². The summed E-state index contributed by atoms with van der Waals surface area (Å²) in [5.41, 5.74) is 17.4. The first-order valence-corrected chi connectivity index (χ1v) is 19.3. The number of fused-ring (bicyclic) bond motifs is 9. The first-order valence-electron chi connectivity index (χ1n) is 19.3. The van der Waals surface area contributed by atoms with Crippen LogP contribution in [-0.2, 0) is 11.8 Å². The number of hydrogen-bond acceptors (Lipinski definition) is 1. The predicted octanol–water partition coefficient (Wildman–Crippen LogP) is 14.8. The Bertz CT molecular complexity index is 3120. The van der Waals surface area contributed by atoms with E-state index in [9.17, 15) is 0 Å². The molecule has 260 valence electrons. The van der Waals surface area contributed by atoms with E-state index in [1.54, 1.807) is 0 Å². The van der Waals surface area contributed by atoms with E-state index >= 15 is 0 Å². The van der Waals surface area contributed by atoms with E-state index in [0.717, 1.165) is 28.4 Å². The molecule has 0 unspecified atom stereocenters. The molecule has 0 fully saturated rings. The standard InChI is InChI=1S/C54H38O/c1-54(2)47-24-11-10-19-42(47)45-23-12-16-38(53(45)54)32-34-26-28-35(29-27-34)39-22-13-25-49-52(39)46-33-37(30-31-48(46)55-49)51-44-21-9-7-18-41(44)40-17-6-8-20-43(40)50(51)36-14-4-3-5-15-36/h3-31,33H,32H2,1-2H3. The monoisotopic (exact) mass is 702 g/mol. The third kappa shape index (κ3) is 4.86. The SMILES string of the molecule is CC1(C)c2ccccc2-c2cccc(Cc3ccc(-c4cccc5oc6ccc(-c7c(-c8ccccc8)c8ccccc8c8ccccc78)cc6c45)cc3)c21. The highest BCUT2D eigenvalue weighted by molar-refractivity contribution is 6.22. The molecular weight excluding hydrogens is 665 g/mol. The van der Waals surface area contributed by atoms with E-state index in [1.165, 1.54) is 88.3 Å². The molecule has 0 spiro atoms. The molecule has 10 aromatic rings. The van der Waals surface area contributed by atoms with E-state index in [4.69, 9.17) is 4.42 Å². The molecule has 0 atom stereocenters. The van der Waals surface area contributed by atoms with Crippen molar-refractivity contribution in [2.45, 2.75) is 25.7 Å². The Kier molecular flexibility index (Phi) is 7.03. The lowest BCUT2D eigenvalue weighted by Gasteiger charge is -2.24. The maximum Gasteiger partial charge on any atom is 0.136 e. The van der Waals surface area contributed by atoms with Gasteiger partial charge in [-0.15, -0.1) is 0 Å². The van der Waals surface area contributed by atoms with Crippen LogP contribution in [0, 0.1) is 0 Å². The van der Waals surface area contributed by atoms with Crippen molar-refractivity contribution in [1.29, 1.82) is 0 Å². The van der Waals surface area contributed by atoms with Gasteiger partial charge in [0.15, 0.2) is 0 Å². The molecule has 11 rings (SSSR count). The zero-order valence-electron chi connectivity index (χ0n) is 30.9. The highest BCUT2D eigenvalue weighted by Gasteiger charge is 2.36. The topological polar surface area (TPSA) is 13.1 Å². The minimum atomic E-state index is -0.0275. The first kappa shape index (κ1) is 31.8. The van der Waals surface area contributed by atoms with E-state index in [1.807, 2.05) is 0 Å². The first-order chi connectivity index (χ1) is 27.0. The number of furan rings is 1. The Morgan fingerprint density at radius 2 is 1.02 bits per heavy atom. The van der Waals surface area contributed by atoms with Gasteiger partial charge in [0, 0.05) is 16.2 Å². The number of rotatable bonds is 5. The van der Waals surface area contributed by atoms with Crippen LogP contribution in [-0.4, -0.2) is 0 Å². The molecule has 0 N–H and O–H groups in total. The zero-order valence-corrected chi connectivity index (χ0v) is 30.9. The normalized spacial score (nSPS) is 13.1. The quantitative estimate of drug-likeness (QED) is 0.163. The molecule has 0 radical (unpaired) electrons. The third-order valence-corrected chi connectivity index (χ3v) is 12.1. The van der Waals surface area contributed by atoms with Gasteiger partial charge in [0.2, 0.25) is 0 Å². The largest absolute Gasteiger partial charge is 0.456 e. The summed E-state index contributed by atoms with van der Waals surface area (Å²) in [6.45, 7) is 4.74. The summed E-state index contributed by atoms with van der Waals surface area (Å²) in [5, 5.41) is 7.32. The Labute approximate surface area is 321 Å². The molecule has 1 aliphatic carbocycles. The molecule has 0 bridgehead atoms. The maximum atomic E-state index is 6.57. The molecule has 1 aromatic heterocycles. The molecule has 0 saturated heterocycles. The van der Waals surface area contributed by atoms with Crippen molar-refractivity contribution >= 4 is 43.5 Å². The average molecular weight is 703 g/mol. The third-order valence-electron chi connectivity index (χ3n) is 12.1. The lowest BCUT2D eigenvalue weighted by atomic mass is 9.79. The fourth-order valence-electron chi connectivity index (χ4n) is 9.70. The van der Waals surface area contributed by atoms with E-state index in [2.05, 4.69) is 196 Å². The fraction of sp³-hybridized carbons (Fsp3) is 0.0741. The van der Waals surface area contributed by atoms with Gasteiger partial charge in [-0.25, -0.2) is 0 Å². The van der Waals surface area contributed by atoms with Crippen molar-refractivity contribution in [3.63, 3.8) is 0 Å². The fourth-order valence-corrected chi connectivity index (χ4v) is 9.70. The average Bonchev–Trinajstić information content (AvgIpc) is 3.73. The van der Waals surface area contributed by atoms with Crippen molar-refractivity contribution in [1.82, 2.24) is 0 Å². The minimum absolute atomic E-state index is 0.0275. The minimum Gasteiger partial charge on any atom is -0.456 e. The molecular formula is C54H38O. The smallest absolute Gasteiger partial charge is 0.136 e. The summed E-state index contributed by atoms with van der Waals surface area (Å²) in [7, 11) is 0. The van der Waals surface area contributed by atoms with Gasteiger partial charge >= 0.3 is 0 Å². The Morgan fingerprint density at radius 3 is 1.78 bits per heavy atom. The highest BCUT2D eigenvalue weighted by Crippen LogP contribution is 2.50. The van der Waals surface area contributed by atoms with Crippen LogP contribution in [0.5, 0.6) is 0 Å². The van der Waals surface area contributed by atoms with Gasteiger partial charge in [-0.1, -0.05) is 178 Å². The Hall–Kier alpha value is -6.70. The summed E-state index contributed by atoms with van der Waals surface area (Å²) in [6, 6.07) is 66.7. The summed E-state index contributed by atoms with van der Waals surface area (Å²) < 4.78 is 6.57. The summed E-state index contributed by atoms with van der Waals surface area (Å²) in [6.07, 6.45) is 0.895. The van der Waals surface area contributed by atoms with Crippen molar-refractivity contribution in [3.8, 4) is 44.5 Å². The van der Waals surface area contributed by atoms with Gasteiger partial charge in [0.05, 0.1) is 0 Å². The van der Waals surface area contributed by atoms with E-state index in [0.29, 0.717) is 0 Å². The maximum absolute atomic E-state index is 6.57. The molecule has 0 aliphatic heterocycles. The van der Waals surface area contributed by atoms with Crippen molar-refractivity contribution in [3.05, 3.63) is 204 Å². The van der Waals surface area contributed by atoms with Gasteiger partial charge in [-0.05, 0) is 113 Å².